The van der Waals surface area contributed by atoms with Crippen molar-refractivity contribution in [3.05, 3.63) is 89.7 Å². The van der Waals surface area contributed by atoms with E-state index in [1.807, 2.05) is 48.5 Å². The van der Waals surface area contributed by atoms with Crippen LogP contribution in [-0.2, 0) is 12.8 Å². The Morgan fingerprint density at radius 3 is 2.27 bits per heavy atom. The van der Waals surface area contributed by atoms with Gasteiger partial charge in [-0.15, -0.1) is 0 Å². The molecule has 0 radical (unpaired) electrons. The highest BCUT2D eigenvalue weighted by Crippen LogP contribution is 2.12. The molecule has 0 fully saturated rings. The van der Waals surface area contributed by atoms with Gasteiger partial charge < -0.3 is 10.6 Å². The van der Waals surface area contributed by atoms with Crippen LogP contribution in [0.25, 0.3) is 0 Å². The minimum Gasteiger partial charge on any atom is -0.383 e. The van der Waals surface area contributed by atoms with Crippen LogP contribution in [0.4, 0.5) is 11.4 Å². The number of nitrogens with zero attached hydrogens (tertiary/aromatic N) is 1. The summed E-state index contributed by atoms with van der Waals surface area (Å²) in [4.78, 5) is 16.5. The van der Waals surface area contributed by atoms with Crippen molar-refractivity contribution < 1.29 is 4.79 Å². The molecular weight excluding hydrogens is 322 g/mol. The van der Waals surface area contributed by atoms with Gasteiger partial charge in [0.25, 0.3) is 5.91 Å². The molecule has 0 atom stereocenters. The van der Waals surface area contributed by atoms with Crippen LogP contribution in [0.15, 0.2) is 72.9 Å². The van der Waals surface area contributed by atoms with E-state index in [0.717, 1.165) is 30.8 Å². The monoisotopic (exact) mass is 345 g/mol. The Bertz CT molecular complexity index is 828. The Morgan fingerprint density at radius 2 is 1.62 bits per heavy atom. The van der Waals surface area contributed by atoms with Crippen molar-refractivity contribution in [2.45, 2.75) is 19.8 Å². The van der Waals surface area contributed by atoms with E-state index in [2.05, 4.69) is 34.7 Å². The first-order valence-electron chi connectivity index (χ1n) is 8.89. The molecule has 4 heteroatoms. The van der Waals surface area contributed by atoms with Gasteiger partial charge in [-0.3, -0.25) is 4.79 Å². The average Bonchev–Trinajstić information content (AvgIpc) is 2.70. The van der Waals surface area contributed by atoms with Crippen LogP contribution in [-0.4, -0.2) is 17.4 Å². The van der Waals surface area contributed by atoms with Gasteiger partial charge in [0.2, 0.25) is 0 Å². The summed E-state index contributed by atoms with van der Waals surface area (Å²) in [5.41, 5.74) is 4.62. The van der Waals surface area contributed by atoms with Crippen LogP contribution in [0.1, 0.15) is 28.5 Å². The quantitative estimate of drug-likeness (QED) is 0.660. The number of pyridine rings is 1. The van der Waals surface area contributed by atoms with Gasteiger partial charge in [0.1, 0.15) is 5.69 Å². The molecule has 132 valence electrons. The van der Waals surface area contributed by atoms with E-state index in [1.165, 1.54) is 11.1 Å². The molecule has 0 aliphatic rings. The molecule has 4 nitrogen and oxygen atoms in total. The summed E-state index contributed by atoms with van der Waals surface area (Å²) in [6.07, 6.45) is 3.62. The van der Waals surface area contributed by atoms with Gasteiger partial charge in [-0.2, -0.15) is 0 Å². The molecule has 2 aromatic carbocycles. The van der Waals surface area contributed by atoms with Crippen molar-refractivity contribution in [3.63, 3.8) is 0 Å². The van der Waals surface area contributed by atoms with Crippen LogP contribution in [0.2, 0.25) is 0 Å². The van der Waals surface area contributed by atoms with Crippen LogP contribution >= 0.6 is 0 Å². The number of hydrogen-bond donors (Lipinski definition) is 2. The Morgan fingerprint density at radius 1 is 0.885 bits per heavy atom. The fourth-order valence-electron chi connectivity index (χ4n) is 2.65. The van der Waals surface area contributed by atoms with Gasteiger partial charge in [-0.25, -0.2) is 4.98 Å². The predicted octanol–water partition coefficient (Wildman–Crippen LogP) is 4.55. The lowest BCUT2D eigenvalue weighted by Gasteiger charge is -2.08. The number of amides is 1. The van der Waals surface area contributed by atoms with Crippen molar-refractivity contribution in [1.29, 1.82) is 0 Å². The third kappa shape index (κ3) is 4.93. The predicted molar refractivity (Wildman–Crippen MR) is 107 cm³/mol. The number of hydrogen-bond acceptors (Lipinski definition) is 3. The molecule has 0 unspecified atom stereocenters. The average molecular weight is 345 g/mol. The first-order valence-corrected chi connectivity index (χ1v) is 8.89. The van der Waals surface area contributed by atoms with Crippen LogP contribution in [0, 0.1) is 0 Å². The number of aryl methyl sites for hydroxylation is 1. The van der Waals surface area contributed by atoms with Gasteiger partial charge in [0.15, 0.2) is 0 Å². The number of carbonyl (C=O) groups is 1. The van der Waals surface area contributed by atoms with E-state index in [-0.39, 0.29) is 5.91 Å². The topological polar surface area (TPSA) is 54.0 Å². The zero-order valence-electron chi connectivity index (χ0n) is 14.9. The first-order chi connectivity index (χ1) is 12.7. The number of carbonyl (C=O) groups excluding carboxylic acids is 1. The maximum absolute atomic E-state index is 12.3. The third-order valence-corrected chi connectivity index (χ3v) is 4.20. The number of nitrogens with one attached hydrogen (secondary N) is 2. The summed E-state index contributed by atoms with van der Waals surface area (Å²) >= 11 is 0. The largest absolute Gasteiger partial charge is 0.383 e. The van der Waals surface area contributed by atoms with Gasteiger partial charge in [0.05, 0.1) is 11.9 Å². The standard InChI is InChI=1S/C22H23N3O/c1-2-17-8-10-19(11-9-17)25-22(26)21-13-12-20(16-24-21)23-15-14-18-6-4-3-5-7-18/h3-13,16,23H,2,14-15H2,1H3,(H,25,26). The Hall–Kier alpha value is -3.14. The molecule has 0 spiro atoms. The van der Waals surface area contributed by atoms with E-state index in [1.54, 1.807) is 12.3 Å². The number of anilines is 2. The molecule has 0 aliphatic carbocycles. The molecule has 1 aromatic heterocycles. The smallest absolute Gasteiger partial charge is 0.274 e. The molecule has 0 saturated heterocycles. The van der Waals surface area contributed by atoms with Crippen LogP contribution < -0.4 is 10.6 Å². The van der Waals surface area contributed by atoms with E-state index in [0.29, 0.717) is 5.69 Å². The lowest BCUT2D eigenvalue weighted by Crippen LogP contribution is -2.14. The highest BCUT2D eigenvalue weighted by atomic mass is 16.1. The molecule has 3 aromatic rings. The molecule has 26 heavy (non-hydrogen) atoms. The maximum Gasteiger partial charge on any atom is 0.274 e. The van der Waals surface area contributed by atoms with Crippen LogP contribution in [0.3, 0.4) is 0 Å². The SMILES string of the molecule is CCc1ccc(NC(=O)c2ccc(NCCc3ccccc3)cn2)cc1. The van der Waals surface area contributed by atoms with Crippen molar-refractivity contribution in [2.75, 3.05) is 17.2 Å². The summed E-state index contributed by atoms with van der Waals surface area (Å²) in [6.45, 7) is 2.92. The molecule has 0 aliphatic heterocycles. The zero-order chi connectivity index (χ0) is 18.2. The van der Waals surface area contributed by atoms with E-state index in [4.69, 9.17) is 0 Å². The minimum absolute atomic E-state index is 0.204. The highest BCUT2D eigenvalue weighted by Gasteiger charge is 2.07. The number of rotatable bonds is 7. The zero-order valence-corrected chi connectivity index (χ0v) is 14.9. The van der Waals surface area contributed by atoms with Crippen molar-refractivity contribution in [2.24, 2.45) is 0 Å². The summed E-state index contributed by atoms with van der Waals surface area (Å²) in [5.74, 6) is -0.204. The molecule has 1 amide bonds. The van der Waals surface area contributed by atoms with Crippen molar-refractivity contribution >= 4 is 17.3 Å². The molecular formula is C22H23N3O. The molecule has 3 rings (SSSR count). The number of aromatic nitrogens is 1. The lowest BCUT2D eigenvalue weighted by atomic mass is 10.1. The molecule has 0 saturated carbocycles. The Kier molecular flexibility index (Phi) is 5.99. The summed E-state index contributed by atoms with van der Waals surface area (Å²) < 4.78 is 0. The van der Waals surface area contributed by atoms with E-state index < -0.39 is 0 Å². The van der Waals surface area contributed by atoms with Gasteiger partial charge >= 0.3 is 0 Å². The lowest BCUT2D eigenvalue weighted by molar-refractivity contribution is 0.102. The summed E-state index contributed by atoms with van der Waals surface area (Å²) in [5, 5.41) is 6.20. The highest BCUT2D eigenvalue weighted by molar-refractivity contribution is 6.02. The Labute approximate surface area is 154 Å². The van der Waals surface area contributed by atoms with Crippen molar-refractivity contribution in [3.8, 4) is 0 Å². The molecule has 0 bridgehead atoms. The second-order valence-electron chi connectivity index (χ2n) is 6.10. The Balaban J connectivity index is 1.52. The van der Waals surface area contributed by atoms with E-state index >= 15 is 0 Å². The van der Waals surface area contributed by atoms with Crippen LogP contribution in [0.5, 0.6) is 0 Å². The second-order valence-corrected chi connectivity index (χ2v) is 6.10. The molecule has 2 N–H and O–H groups in total. The fourth-order valence-corrected chi connectivity index (χ4v) is 2.65. The first kappa shape index (κ1) is 17.7. The summed E-state index contributed by atoms with van der Waals surface area (Å²) in [6, 6.07) is 21.8. The minimum atomic E-state index is -0.204. The van der Waals surface area contributed by atoms with Crippen molar-refractivity contribution in [1.82, 2.24) is 4.98 Å². The third-order valence-electron chi connectivity index (χ3n) is 4.20. The number of benzene rings is 2. The normalized spacial score (nSPS) is 10.3. The van der Waals surface area contributed by atoms with Gasteiger partial charge in [-0.1, -0.05) is 49.4 Å². The maximum atomic E-state index is 12.3. The van der Waals surface area contributed by atoms with E-state index in [9.17, 15) is 4.79 Å². The second kappa shape index (κ2) is 8.81. The van der Waals surface area contributed by atoms with Gasteiger partial charge in [0, 0.05) is 12.2 Å². The van der Waals surface area contributed by atoms with Gasteiger partial charge in [-0.05, 0) is 48.2 Å². The fraction of sp³-hybridized carbons (Fsp3) is 0.182. The molecule has 1 heterocycles. The summed E-state index contributed by atoms with van der Waals surface area (Å²) in [7, 11) is 0.